The summed E-state index contributed by atoms with van der Waals surface area (Å²) in [6.45, 7) is -0.832. The van der Waals surface area contributed by atoms with Crippen molar-refractivity contribution in [2.24, 2.45) is 0 Å². The molecule has 122 valence electrons. The summed E-state index contributed by atoms with van der Waals surface area (Å²) in [7, 11) is 0. The first-order valence-corrected chi connectivity index (χ1v) is 6.65. The average Bonchev–Trinajstić information content (AvgIpc) is 2.57. The molecule has 0 bridgehead atoms. The molecular formula is C15H20O7. The minimum atomic E-state index is -1.95. The third-order valence-electron chi connectivity index (χ3n) is 3.22. The molecule has 0 saturated carbocycles. The zero-order chi connectivity index (χ0) is 16.7. The van der Waals surface area contributed by atoms with E-state index < -0.39 is 37.1 Å². The van der Waals surface area contributed by atoms with Crippen molar-refractivity contribution < 1.29 is 35.4 Å². The number of aliphatic hydroxyl groups excluding tert-OH is 6. The lowest BCUT2D eigenvalue weighted by atomic mass is 9.94. The van der Waals surface area contributed by atoms with E-state index in [1.54, 1.807) is 30.3 Å². The quantitative estimate of drug-likeness (QED) is 0.243. The molecule has 0 aliphatic carbocycles. The summed E-state index contributed by atoms with van der Waals surface area (Å²) in [4.78, 5) is 11.1. The van der Waals surface area contributed by atoms with Gasteiger partial charge in [0.1, 0.15) is 36.8 Å². The standard InChI is InChI=1S/C15H20O7/c16-7-10(6-9-4-2-1-3-5-9)12(19)14(21)15(22)13(20)11(18)8-17/h1-7,11-15,17-22H,8H2/t11-,12?,13-,14+,15+/m1/s1. The molecule has 0 radical (unpaired) electrons. The molecule has 0 aliphatic rings. The molecule has 7 nitrogen and oxygen atoms in total. The van der Waals surface area contributed by atoms with Crippen LogP contribution in [0.4, 0.5) is 0 Å². The second-order valence-electron chi connectivity index (χ2n) is 4.84. The van der Waals surface area contributed by atoms with Gasteiger partial charge in [0.25, 0.3) is 0 Å². The van der Waals surface area contributed by atoms with Gasteiger partial charge in [-0.05, 0) is 11.6 Å². The summed E-state index contributed by atoms with van der Waals surface area (Å²) in [5.41, 5.74) is 0.393. The molecule has 0 amide bonds. The van der Waals surface area contributed by atoms with E-state index in [-0.39, 0.29) is 5.57 Å². The van der Waals surface area contributed by atoms with E-state index in [1.807, 2.05) is 0 Å². The predicted molar refractivity (Wildman–Crippen MR) is 77.6 cm³/mol. The highest BCUT2D eigenvalue weighted by Gasteiger charge is 2.35. The highest BCUT2D eigenvalue weighted by Crippen LogP contribution is 2.16. The van der Waals surface area contributed by atoms with E-state index in [4.69, 9.17) is 5.11 Å². The minimum absolute atomic E-state index is 0.205. The number of rotatable bonds is 8. The molecule has 0 saturated heterocycles. The van der Waals surface area contributed by atoms with Crippen molar-refractivity contribution in [2.45, 2.75) is 30.5 Å². The molecule has 6 N–H and O–H groups in total. The van der Waals surface area contributed by atoms with Gasteiger partial charge in [0.2, 0.25) is 0 Å². The predicted octanol–water partition coefficient (Wildman–Crippen LogP) is -1.93. The van der Waals surface area contributed by atoms with Crippen LogP contribution in [0, 0.1) is 0 Å². The minimum Gasteiger partial charge on any atom is -0.394 e. The van der Waals surface area contributed by atoms with Crippen molar-refractivity contribution in [1.29, 1.82) is 0 Å². The first-order valence-electron chi connectivity index (χ1n) is 6.65. The Bertz CT molecular complexity index is 488. The molecule has 0 aromatic heterocycles. The maximum atomic E-state index is 11.1. The number of carbonyl (C=O) groups excluding carboxylic acids is 1. The van der Waals surface area contributed by atoms with Gasteiger partial charge in [-0.1, -0.05) is 30.3 Å². The van der Waals surface area contributed by atoms with E-state index in [1.165, 1.54) is 6.08 Å². The van der Waals surface area contributed by atoms with Crippen molar-refractivity contribution in [3.63, 3.8) is 0 Å². The van der Waals surface area contributed by atoms with E-state index in [0.717, 1.165) is 0 Å². The molecule has 0 fully saturated rings. The molecule has 1 aromatic rings. The van der Waals surface area contributed by atoms with Crippen LogP contribution in [0.2, 0.25) is 0 Å². The fourth-order valence-electron chi connectivity index (χ4n) is 1.85. The number of benzene rings is 1. The second kappa shape index (κ2) is 8.74. The zero-order valence-electron chi connectivity index (χ0n) is 11.7. The van der Waals surface area contributed by atoms with Gasteiger partial charge in [0, 0.05) is 5.57 Å². The van der Waals surface area contributed by atoms with Crippen LogP contribution >= 0.6 is 0 Å². The Labute approximate surface area is 127 Å². The molecule has 0 spiro atoms. The maximum Gasteiger partial charge on any atom is 0.148 e. The van der Waals surface area contributed by atoms with Crippen molar-refractivity contribution in [3.05, 3.63) is 41.5 Å². The molecule has 1 aromatic carbocycles. The Hall–Kier alpha value is -1.61. The van der Waals surface area contributed by atoms with Crippen LogP contribution in [0.15, 0.2) is 35.9 Å². The van der Waals surface area contributed by atoms with Crippen LogP contribution in [-0.4, -0.2) is 74.1 Å². The number of hydrogen-bond donors (Lipinski definition) is 6. The molecular weight excluding hydrogens is 292 g/mol. The highest BCUT2D eigenvalue weighted by atomic mass is 16.4. The van der Waals surface area contributed by atoms with E-state index in [9.17, 15) is 30.3 Å². The Morgan fingerprint density at radius 2 is 1.55 bits per heavy atom. The number of aldehydes is 1. The van der Waals surface area contributed by atoms with Gasteiger partial charge in [-0.25, -0.2) is 0 Å². The van der Waals surface area contributed by atoms with Crippen LogP contribution in [0.1, 0.15) is 5.56 Å². The average molecular weight is 312 g/mol. The second-order valence-corrected chi connectivity index (χ2v) is 4.84. The Kier molecular flexibility index (Phi) is 7.33. The van der Waals surface area contributed by atoms with Crippen molar-refractivity contribution in [3.8, 4) is 0 Å². The summed E-state index contributed by atoms with van der Waals surface area (Å²) in [5.74, 6) is 0. The Morgan fingerprint density at radius 3 is 2.05 bits per heavy atom. The lowest BCUT2D eigenvalue weighted by Gasteiger charge is -2.28. The number of aliphatic hydroxyl groups is 6. The Morgan fingerprint density at radius 1 is 0.955 bits per heavy atom. The van der Waals surface area contributed by atoms with Crippen LogP contribution in [-0.2, 0) is 4.79 Å². The topological polar surface area (TPSA) is 138 Å². The summed E-state index contributed by atoms with van der Waals surface area (Å²) in [6, 6.07) is 8.53. The van der Waals surface area contributed by atoms with Crippen LogP contribution in [0.5, 0.6) is 0 Å². The summed E-state index contributed by atoms with van der Waals surface area (Å²) in [6.07, 6.45) is -7.56. The smallest absolute Gasteiger partial charge is 0.148 e. The van der Waals surface area contributed by atoms with Gasteiger partial charge < -0.3 is 30.6 Å². The number of hydrogen-bond acceptors (Lipinski definition) is 7. The fraction of sp³-hybridized carbons (Fsp3) is 0.400. The van der Waals surface area contributed by atoms with Crippen LogP contribution in [0.25, 0.3) is 6.08 Å². The lowest BCUT2D eigenvalue weighted by Crippen LogP contribution is -2.50. The van der Waals surface area contributed by atoms with Crippen molar-refractivity contribution >= 4 is 12.4 Å². The summed E-state index contributed by atoms with van der Waals surface area (Å²) >= 11 is 0. The maximum absolute atomic E-state index is 11.1. The zero-order valence-corrected chi connectivity index (χ0v) is 11.7. The Balaban J connectivity index is 2.89. The lowest BCUT2D eigenvalue weighted by molar-refractivity contribution is -0.135. The van der Waals surface area contributed by atoms with Crippen LogP contribution < -0.4 is 0 Å². The number of carbonyl (C=O) groups is 1. The van der Waals surface area contributed by atoms with Crippen LogP contribution in [0.3, 0.4) is 0 Å². The SMILES string of the molecule is O=CC(=Cc1ccccc1)C(O)[C@H](O)[C@@H](O)[C@H](O)[C@H](O)CO. The van der Waals surface area contributed by atoms with Crippen molar-refractivity contribution in [1.82, 2.24) is 0 Å². The summed E-state index contributed by atoms with van der Waals surface area (Å²) < 4.78 is 0. The van der Waals surface area contributed by atoms with Crippen molar-refractivity contribution in [2.75, 3.05) is 6.61 Å². The first kappa shape index (κ1) is 18.4. The molecule has 1 unspecified atom stereocenters. The highest BCUT2D eigenvalue weighted by molar-refractivity contribution is 5.83. The first-order chi connectivity index (χ1) is 10.4. The van der Waals surface area contributed by atoms with Gasteiger partial charge in [-0.3, -0.25) is 4.79 Å². The molecule has 1 rings (SSSR count). The van der Waals surface area contributed by atoms with E-state index in [2.05, 4.69) is 0 Å². The molecule has 0 heterocycles. The molecule has 22 heavy (non-hydrogen) atoms. The molecule has 0 aliphatic heterocycles. The molecule has 5 atom stereocenters. The van der Waals surface area contributed by atoms with Gasteiger partial charge in [-0.2, -0.15) is 0 Å². The fourth-order valence-corrected chi connectivity index (χ4v) is 1.85. The van der Waals surface area contributed by atoms with Gasteiger partial charge in [-0.15, -0.1) is 0 Å². The van der Waals surface area contributed by atoms with Gasteiger partial charge in [0.05, 0.1) is 6.61 Å². The third-order valence-corrected chi connectivity index (χ3v) is 3.22. The monoisotopic (exact) mass is 312 g/mol. The van der Waals surface area contributed by atoms with E-state index in [0.29, 0.717) is 11.8 Å². The van der Waals surface area contributed by atoms with Gasteiger partial charge in [0.15, 0.2) is 0 Å². The third kappa shape index (κ3) is 4.70. The van der Waals surface area contributed by atoms with E-state index >= 15 is 0 Å². The summed E-state index contributed by atoms with van der Waals surface area (Å²) in [5, 5.41) is 56.9. The van der Waals surface area contributed by atoms with Gasteiger partial charge >= 0.3 is 0 Å². The normalized spacial score (nSPS) is 19.1. The molecule has 7 heteroatoms. The largest absolute Gasteiger partial charge is 0.394 e.